The van der Waals surface area contributed by atoms with Gasteiger partial charge in [0.15, 0.2) is 0 Å². The van der Waals surface area contributed by atoms with Crippen LogP contribution in [-0.4, -0.2) is 5.37 Å². The fourth-order valence-electron chi connectivity index (χ4n) is 0.192. The smallest absolute Gasteiger partial charge is 0.0208 e. The summed E-state index contributed by atoms with van der Waals surface area (Å²) in [7, 11) is 0. The predicted octanol–water partition coefficient (Wildman–Crippen LogP) is 2.03. The molecule has 0 aromatic rings. The second-order valence-corrected chi connectivity index (χ2v) is 2.13. The van der Waals surface area contributed by atoms with E-state index in [0.29, 0.717) is 0 Å². The topological polar surface area (TPSA) is 0 Å². The summed E-state index contributed by atoms with van der Waals surface area (Å²) in [6.45, 7) is 4.31. The third-order valence-electron chi connectivity index (χ3n) is 0.568. The molecule has 6 heavy (non-hydrogen) atoms. The number of thiocarbonyl (C=S) groups is 1. The summed E-state index contributed by atoms with van der Waals surface area (Å²) in [6.07, 6.45) is 1.06. The average Bonchev–Trinajstić information content (AvgIpc) is 1.35. The van der Waals surface area contributed by atoms with Crippen LogP contribution in [0.5, 0.6) is 0 Å². The molecular weight excluding hydrogens is 92.1 g/mol. The van der Waals surface area contributed by atoms with Gasteiger partial charge in [-0.3, -0.25) is 0 Å². The standard InChI is InChI=1S/C5H10S/c1-5(2)3-4-6/h4-5H,3H2,1-2H3. The first kappa shape index (κ1) is 6.09. The minimum atomic E-state index is 0.738. The van der Waals surface area contributed by atoms with Gasteiger partial charge in [-0.15, -0.1) is 0 Å². The van der Waals surface area contributed by atoms with Crippen molar-refractivity contribution in [3.05, 3.63) is 0 Å². The highest BCUT2D eigenvalue weighted by Gasteiger charge is 1.83. The van der Waals surface area contributed by atoms with Crippen molar-refractivity contribution in [1.82, 2.24) is 0 Å². The van der Waals surface area contributed by atoms with Gasteiger partial charge in [0.25, 0.3) is 0 Å². The minimum Gasteiger partial charge on any atom is -0.0935 e. The van der Waals surface area contributed by atoms with E-state index in [2.05, 4.69) is 26.1 Å². The highest BCUT2D eigenvalue weighted by atomic mass is 32.1. The lowest BCUT2D eigenvalue weighted by Gasteiger charge is -1.91. The normalized spacial score (nSPS) is 9.17. The first-order valence-corrected chi connectivity index (χ1v) is 2.68. The Bertz CT molecular complexity index is 39.2. The molecule has 0 aromatic heterocycles. The van der Waals surface area contributed by atoms with Gasteiger partial charge < -0.3 is 0 Å². The summed E-state index contributed by atoms with van der Waals surface area (Å²) in [5.74, 6) is 0.738. The van der Waals surface area contributed by atoms with Crippen molar-refractivity contribution < 1.29 is 0 Å². The Hall–Kier alpha value is 0.0900. The molecule has 0 aliphatic rings. The van der Waals surface area contributed by atoms with E-state index in [-0.39, 0.29) is 0 Å². The van der Waals surface area contributed by atoms with Crippen molar-refractivity contribution in [3.63, 3.8) is 0 Å². The highest BCUT2D eigenvalue weighted by molar-refractivity contribution is 7.78. The summed E-state index contributed by atoms with van der Waals surface area (Å²) >= 11 is 4.60. The van der Waals surface area contributed by atoms with Crippen LogP contribution in [-0.2, 0) is 0 Å². The van der Waals surface area contributed by atoms with Gasteiger partial charge in [-0.25, -0.2) is 0 Å². The molecule has 0 N–H and O–H groups in total. The van der Waals surface area contributed by atoms with Crippen molar-refractivity contribution in [3.8, 4) is 0 Å². The molecule has 0 saturated heterocycles. The van der Waals surface area contributed by atoms with Crippen LogP contribution in [0.1, 0.15) is 20.3 Å². The molecule has 0 unspecified atom stereocenters. The molecule has 0 atom stereocenters. The number of hydrogen-bond acceptors (Lipinski definition) is 1. The van der Waals surface area contributed by atoms with Gasteiger partial charge in [0.1, 0.15) is 0 Å². The van der Waals surface area contributed by atoms with Gasteiger partial charge in [-0.2, -0.15) is 0 Å². The van der Waals surface area contributed by atoms with Gasteiger partial charge in [-0.1, -0.05) is 26.1 Å². The largest absolute Gasteiger partial charge is 0.0935 e. The summed E-state index contributed by atoms with van der Waals surface area (Å²) in [5.41, 5.74) is 0. The fourth-order valence-corrected chi connectivity index (χ4v) is 0.577. The van der Waals surface area contributed by atoms with Crippen molar-refractivity contribution >= 4 is 17.6 Å². The van der Waals surface area contributed by atoms with E-state index >= 15 is 0 Å². The molecule has 0 amide bonds. The van der Waals surface area contributed by atoms with Gasteiger partial charge >= 0.3 is 0 Å². The number of rotatable bonds is 2. The van der Waals surface area contributed by atoms with Gasteiger partial charge in [-0.05, 0) is 17.7 Å². The Kier molecular flexibility index (Phi) is 3.34. The summed E-state index contributed by atoms with van der Waals surface area (Å²) < 4.78 is 0. The Morgan fingerprint density at radius 1 is 1.67 bits per heavy atom. The Labute approximate surface area is 44.6 Å². The fraction of sp³-hybridized carbons (Fsp3) is 0.800. The lowest BCUT2D eigenvalue weighted by atomic mass is 10.2. The highest BCUT2D eigenvalue weighted by Crippen LogP contribution is 1.93. The maximum Gasteiger partial charge on any atom is -0.0208 e. The molecule has 1 heteroatoms. The Balaban J connectivity index is 2.81. The van der Waals surface area contributed by atoms with Crippen molar-refractivity contribution in [1.29, 1.82) is 0 Å². The molecule has 0 bridgehead atoms. The summed E-state index contributed by atoms with van der Waals surface area (Å²) in [4.78, 5) is 0. The molecule has 0 aromatic carbocycles. The summed E-state index contributed by atoms with van der Waals surface area (Å²) in [6, 6.07) is 0. The first-order chi connectivity index (χ1) is 2.77. The predicted molar refractivity (Wildman–Crippen MR) is 33.1 cm³/mol. The van der Waals surface area contributed by atoms with E-state index in [0.717, 1.165) is 12.3 Å². The minimum absolute atomic E-state index is 0.738. The van der Waals surface area contributed by atoms with Crippen LogP contribution in [0.15, 0.2) is 0 Å². The molecule has 0 radical (unpaired) electrons. The van der Waals surface area contributed by atoms with Gasteiger partial charge in [0.05, 0.1) is 0 Å². The molecule has 36 valence electrons. The molecule has 0 rings (SSSR count). The lowest BCUT2D eigenvalue weighted by molar-refractivity contribution is 0.694. The van der Waals surface area contributed by atoms with Crippen LogP contribution in [0, 0.1) is 5.92 Å². The Morgan fingerprint density at radius 3 is 2.17 bits per heavy atom. The first-order valence-electron chi connectivity index (χ1n) is 2.21. The van der Waals surface area contributed by atoms with E-state index < -0.39 is 0 Å². The third-order valence-corrected chi connectivity index (χ3v) is 0.760. The monoisotopic (exact) mass is 102 g/mol. The molecule has 0 aliphatic carbocycles. The zero-order chi connectivity index (χ0) is 4.99. The third kappa shape index (κ3) is 4.09. The van der Waals surface area contributed by atoms with Crippen LogP contribution >= 0.6 is 12.2 Å². The zero-order valence-electron chi connectivity index (χ0n) is 4.27. The molecule has 0 saturated carbocycles. The molecule has 0 heterocycles. The zero-order valence-corrected chi connectivity index (χ0v) is 5.09. The Morgan fingerprint density at radius 2 is 2.17 bits per heavy atom. The molecule has 0 fully saturated rings. The van der Waals surface area contributed by atoms with Crippen molar-refractivity contribution in [2.75, 3.05) is 0 Å². The van der Waals surface area contributed by atoms with E-state index in [1.807, 2.05) is 0 Å². The van der Waals surface area contributed by atoms with Crippen LogP contribution < -0.4 is 0 Å². The van der Waals surface area contributed by atoms with E-state index in [9.17, 15) is 0 Å². The second-order valence-electron chi connectivity index (χ2n) is 1.80. The molecule has 0 spiro atoms. The molecule has 0 nitrogen and oxygen atoms in total. The van der Waals surface area contributed by atoms with Crippen molar-refractivity contribution in [2.45, 2.75) is 20.3 Å². The quantitative estimate of drug-likeness (QED) is 0.481. The maximum absolute atomic E-state index is 4.60. The van der Waals surface area contributed by atoms with Crippen LogP contribution in [0.2, 0.25) is 0 Å². The van der Waals surface area contributed by atoms with E-state index in [4.69, 9.17) is 0 Å². The maximum atomic E-state index is 4.60. The molecule has 0 aliphatic heterocycles. The van der Waals surface area contributed by atoms with Crippen molar-refractivity contribution in [2.24, 2.45) is 5.92 Å². The number of hydrogen-bond donors (Lipinski definition) is 0. The van der Waals surface area contributed by atoms with E-state index in [1.165, 1.54) is 0 Å². The van der Waals surface area contributed by atoms with Gasteiger partial charge in [0.2, 0.25) is 0 Å². The SMILES string of the molecule is CC(C)CC=S. The second kappa shape index (κ2) is 3.29. The van der Waals surface area contributed by atoms with Crippen LogP contribution in [0.4, 0.5) is 0 Å². The van der Waals surface area contributed by atoms with E-state index in [1.54, 1.807) is 5.37 Å². The van der Waals surface area contributed by atoms with Crippen LogP contribution in [0.25, 0.3) is 0 Å². The van der Waals surface area contributed by atoms with Gasteiger partial charge in [0, 0.05) is 0 Å². The lowest BCUT2D eigenvalue weighted by Crippen LogP contribution is -1.83. The van der Waals surface area contributed by atoms with Crippen LogP contribution in [0.3, 0.4) is 0 Å². The molecular formula is C5H10S. The average molecular weight is 102 g/mol. The summed E-state index contributed by atoms with van der Waals surface area (Å²) in [5, 5.41) is 1.78.